The molecule has 3 heteroatoms. The summed E-state index contributed by atoms with van der Waals surface area (Å²) in [6.07, 6.45) is 0.740. The molecule has 1 aliphatic rings. The largest absolute Gasteiger partial charge is 0.229 e. The highest BCUT2D eigenvalue weighted by atomic mass is 32.2. The van der Waals surface area contributed by atoms with E-state index in [1.807, 2.05) is 42.5 Å². The average Bonchev–Trinajstić information content (AvgIpc) is 2.69. The Morgan fingerprint density at radius 1 is 0.941 bits per heavy atom. The topological polar surface area (TPSA) is 29.4 Å². The number of rotatable bonds is 2. The van der Waals surface area contributed by atoms with Crippen molar-refractivity contribution in [3.8, 4) is 0 Å². The molecule has 84 valence electrons. The van der Waals surface area contributed by atoms with Crippen molar-refractivity contribution in [3.63, 3.8) is 0 Å². The van der Waals surface area contributed by atoms with E-state index < -0.39 is 11.0 Å². The summed E-state index contributed by atoms with van der Waals surface area (Å²) in [6, 6.07) is 17.9. The van der Waals surface area contributed by atoms with E-state index in [0.717, 1.165) is 22.6 Å². The van der Waals surface area contributed by atoms with Gasteiger partial charge in [0.15, 0.2) is 11.0 Å². The molecular weight excluding hydrogens is 230 g/mol. The summed E-state index contributed by atoms with van der Waals surface area (Å²) in [7, 11) is -1.21. The lowest BCUT2D eigenvalue weighted by Crippen LogP contribution is -2.02. The second-order valence-electron chi connectivity index (χ2n) is 3.95. The maximum atomic E-state index is 11.8. The van der Waals surface area contributed by atoms with Crippen LogP contribution in [0.1, 0.15) is 11.1 Å². The first-order chi connectivity index (χ1) is 8.34. The van der Waals surface area contributed by atoms with Crippen molar-refractivity contribution in [1.29, 1.82) is 0 Å². The molecular formula is C14H11NOS. The zero-order valence-electron chi connectivity index (χ0n) is 9.17. The van der Waals surface area contributed by atoms with Crippen molar-refractivity contribution >= 4 is 16.7 Å². The van der Waals surface area contributed by atoms with Crippen LogP contribution in [0.3, 0.4) is 0 Å². The van der Waals surface area contributed by atoms with Gasteiger partial charge in [-0.1, -0.05) is 48.5 Å². The molecule has 0 fully saturated rings. The Kier molecular flexibility index (Phi) is 2.61. The molecule has 0 aromatic heterocycles. The van der Waals surface area contributed by atoms with E-state index in [1.54, 1.807) is 0 Å². The van der Waals surface area contributed by atoms with Gasteiger partial charge < -0.3 is 0 Å². The molecule has 0 radical (unpaired) electrons. The van der Waals surface area contributed by atoms with Gasteiger partial charge in [0.2, 0.25) is 0 Å². The van der Waals surface area contributed by atoms with Gasteiger partial charge in [0.25, 0.3) is 0 Å². The van der Waals surface area contributed by atoms with Gasteiger partial charge >= 0.3 is 0 Å². The minimum absolute atomic E-state index is 0.740. The van der Waals surface area contributed by atoms with E-state index in [0.29, 0.717) is 0 Å². The highest BCUT2D eigenvalue weighted by Gasteiger charge is 2.21. The van der Waals surface area contributed by atoms with Crippen molar-refractivity contribution < 1.29 is 4.21 Å². The smallest absolute Gasteiger partial charge is 0.173 e. The van der Waals surface area contributed by atoms with Crippen molar-refractivity contribution in [3.05, 3.63) is 65.7 Å². The van der Waals surface area contributed by atoms with E-state index in [4.69, 9.17) is 0 Å². The van der Waals surface area contributed by atoms with Gasteiger partial charge in [-0.3, -0.25) is 0 Å². The third-order valence-corrected chi connectivity index (χ3v) is 3.91. The van der Waals surface area contributed by atoms with Crippen LogP contribution in [0.4, 0.5) is 0 Å². The fourth-order valence-electron chi connectivity index (χ4n) is 1.97. The van der Waals surface area contributed by atoms with E-state index in [9.17, 15) is 4.21 Å². The van der Waals surface area contributed by atoms with Crippen molar-refractivity contribution in [1.82, 2.24) is 0 Å². The quantitative estimate of drug-likeness (QED) is 0.795. The molecule has 1 heterocycles. The number of hydrogen-bond acceptors (Lipinski definition) is 1. The van der Waals surface area contributed by atoms with E-state index in [2.05, 4.69) is 16.5 Å². The van der Waals surface area contributed by atoms with Crippen molar-refractivity contribution in [2.45, 2.75) is 11.3 Å². The molecule has 1 unspecified atom stereocenters. The average molecular weight is 241 g/mol. The Labute approximate surface area is 103 Å². The highest BCUT2D eigenvalue weighted by molar-refractivity contribution is 7.84. The second kappa shape index (κ2) is 4.26. The molecule has 1 atom stereocenters. The van der Waals surface area contributed by atoms with Crippen LogP contribution in [0.25, 0.3) is 0 Å². The molecule has 2 aromatic rings. The monoisotopic (exact) mass is 241 g/mol. The summed E-state index contributed by atoms with van der Waals surface area (Å²) in [5.41, 5.74) is 3.14. The SMILES string of the molecule is O=S1N=C(Cc2ccccc2)c2ccccc21. The van der Waals surface area contributed by atoms with Crippen LogP contribution >= 0.6 is 0 Å². The molecule has 3 rings (SSSR count). The molecule has 0 spiro atoms. The lowest BCUT2D eigenvalue weighted by molar-refractivity contribution is 0.685. The third kappa shape index (κ3) is 1.94. The minimum atomic E-state index is -1.21. The van der Waals surface area contributed by atoms with Gasteiger partial charge in [-0.05, 0) is 11.6 Å². The zero-order chi connectivity index (χ0) is 11.7. The normalized spacial score (nSPS) is 17.6. The number of fused-ring (bicyclic) bond motifs is 1. The first-order valence-electron chi connectivity index (χ1n) is 5.47. The first kappa shape index (κ1) is 10.4. The molecule has 2 aromatic carbocycles. The van der Waals surface area contributed by atoms with Gasteiger partial charge in [0, 0.05) is 12.0 Å². The number of nitrogens with zero attached hydrogens (tertiary/aromatic N) is 1. The Balaban J connectivity index is 1.96. The Morgan fingerprint density at radius 3 is 2.47 bits per heavy atom. The standard InChI is InChI=1S/C14H11NOS/c16-17-14-9-5-4-8-12(14)13(15-17)10-11-6-2-1-3-7-11/h1-9H,10H2. The van der Waals surface area contributed by atoms with Crippen LogP contribution in [0, 0.1) is 0 Å². The summed E-state index contributed by atoms with van der Waals surface area (Å²) >= 11 is 0. The van der Waals surface area contributed by atoms with Crippen molar-refractivity contribution in [2.75, 3.05) is 0 Å². The lowest BCUT2D eigenvalue weighted by Gasteiger charge is -2.02. The Hall–Kier alpha value is -1.74. The van der Waals surface area contributed by atoms with Crippen LogP contribution < -0.4 is 0 Å². The molecule has 0 saturated carbocycles. The molecule has 0 bridgehead atoms. The molecule has 1 aliphatic heterocycles. The van der Waals surface area contributed by atoms with Gasteiger partial charge in [-0.15, -0.1) is 0 Å². The van der Waals surface area contributed by atoms with Gasteiger partial charge in [-0.2, -0.15) is 4.40 Å². The highest BCUT2D eigenvalue weighted by Crippen LogP contribution is 2.24. The zero-order valence-corrected chi connectivity index (χ0v) is 9.98. The van der Waals surface area contributed by atoms with Crippen LogP contribution in [-0.4, -0.2) is 9.92 Å². The molecule has 0 saturated heterocycles. The predicted molar refractivity (Wildman–Crippen MR) is 69.5 cm³/mol. The first-order valence-corrected chi connectivity index (χ1v) is 6.58. The summed E-state index contributed by atoms with van der Waals surface area (Å²) < 4.78 is 16.0. The Morgan fingerprint density at radius 2 is 1.65 bits per heavy atom. The third-order valence-electron chi connectivity index (χ3n) is 2.79. The fourth-order valence-corrected chi connectivity index (χ4v) is 3.00. The number of benzene rings is 2. The molecule has 0 N–H and O–H groups in total. The van der Waals surface area contributed by atoms with E-state index in [-0.39, 0.29) is 0 Å². The summed E-state index contributed by atoms with van der Waals surface area (Å²) in [4.78, 5) is 0.832. The lowest BCUT2D eigenvalue weighted by atomic mass is 10.0. The van der Waals surface area contributed by atoms with Gasteiger partial charge in [0.1, 0.15) is 0 Å². The van der Waals surface area contributed by atoms with Crippen LogP contribution in [-0.2, 0) is 17.4 Å². The second-order valence-corrected chi connectivity index (χ2v) is 5.07. The van der Waals surface area contributed by atoms with E-state index in [1.165, 1.54) is 5.56 Å². The summed E-state index contributed by atoms with van der Waals surface area (Å²) in [5, 5.41) is 0. The molecule has 17 heavy (non-hydrogen) atoms. The molecule has 0 aliphatic carbocycles. The summed E-state index contributed by atoms with van der Waals surface area (Å²) in [5.74, 6) is 0. The van der Waals surface area contributed by atoms with Crippen molar-refractivity contribution in [2.24, 2.45) is 4.40 Å². The number of hydrogen-bond donors (Lipinski definition) is 0. The maximum absolute atomic E-state index is 11.8. The van der Waals surface area contributed by atoms with Crippen LogP contribution in [0.5, 0.6) is 0 Å². The summed E-state index contributed by atoms with van der Waals surface area (Å²) in [6.45, 7) is 0. The molecule has 2 nitrogen and oxygen atoms in total. The van der Waals surface area contributed by atoms with Gasteiger partial charge in [-0.25, -0.2) is 4.21 Å². The Bertz CT molecular complexity index is 605. The van der Waals surface area contributed by atoms with Crippen LogP contribution in [0.15, 0.2) is 63.9 Å². The van der Waals surface area contributed by atoms with Gasteiger partial charge in [0.05, 0.1) is 10.6 Å². The van der Waals surface area contributed by atoms with Crippen LogP contribution in [0.2, 0.25) is 0 Å². The van der Waals surface area contributed by atoms with E-state index >= 15 is 0 Å². The minimum Gasteiger partial charge on any atom is -0.229 e. The predicted octanol–water partition coefficient (Wildman–Crippen LogP) is 2.75. The maximum Gasteiger partial charge on any atom is 0.173 e. The fraction of sp³-hybridized carbons (Fsp3) is 0.0714. The molecule has 0 amide bonds.